The van der Waals surface area contributed by atoms with Gasteiger partial charge in [0.15, 0.2) is 0 Å². The quantitative estimate of drug-likeness (QED) is 0.285. The van der Waals surface area contributed by atoms with Crippen LogP contribution in [0.2, 0.25) is 0 Å². The molecular weight excluding hydrogens is 501 g/mol. The lowest BCUT2D eigenvalue weighted by Gasteiger charge is -2.37. The number of carbonyl (C=O) groups excluding carboxylic acids is 1. The zero-order chi connectivity index (χ0) is 26.9. The maximum absolute atomic E-state index is 12.7. The molecule has 5 heteroatoms. The maximum atomic E-state index is 12.7. The average Bonchev–Trinajstić information content (AvgIpc) is 3.67. The molecular formula is C35H45FNO3. The number of ether oxygens (including phenoxy) is 2. The number of halogens is 1. The monoisotopic (exact) mass is 546 g/mol. The Hall–Kier alpha value is -2.92. The van der Waals surface area contributed by atoms with Gasteiger partial charge in [0, 0.05) is 45.4 Å². The van der Waals surface area contributed by atoms with Crippen molar-refractivity contribution in [3.63, 3.8) is 0 Å². The topological polar surface area (TPSA) is 38.8 Å². The van der Waals surface area contributed by atoms with Crippen molar-refractivity contribution >= 4 is 16.9 Å². The Bertz CT molecular complexity index is 1280. The highest BCUT2D eigenvalue weighted by Gasteiger charge is 2.37. The minimum Gasteiger partial charge on any atom is -0.492 e. The van der Waals surface area contributed by atoms with Crippen molar-refractivity contribution < 1.29 is 20.1 Å². The molecule has 0 bridgehead atoms. The maximum Gasteiger partial charge on any atom is 0.146 e. The second-order valence-corrected chi connectivity index (χ2v) is 11.9. The van der Waals surface area contributed by atoms with E-state index in [-0.39, 0.29) is 33.3 Å². The standard InChI is InChI=1S/C34H39FNO3.CH4.H2/c1-22(37)3-4-24-5-6-29(17-24)33-23(2)31-18-28(26-7-8-26)11-14-32(31)39-34(33)27-9-12-30(13-10-27)38-16-15-36-20-25(19-35)21-36;;/h7-14,18,24-25,29,34H,3-6,15-17,19-21H2,1-2H3;1H4;1H. The van der Waals surface area contributed by atoms with E-state index in [0.29, 0.717) is 24.9 Å². The Morgan fingerprint density at radius 1 is 1.12 bits per heavy atom. The lowest BCUT2D eigenvalue weighted by Crippen LogP contribution is -2.49. The SMILES string of the molecule is C.CC(=O)CCC1CCC(C2=C(C)c3cc(C4=C[CH]4)ccc3OC2c2ccc(OCCN3CC(CF)C3)cc2)C1.[HH]. The van der Waals surface area contributed by atoms with E-state index >= 15 is 0 Å². The summed E-state index contributed by atoms with van der Waals surface area (Å²) in [5.74, 6) is 3.34. The van der Waals surface area contributed by atoms with Gasteiger partial charge in [0.25, 0.3) is 0 Å². The number of nitrogens with zero attached hydrogens (tertiary/aromatic N) is 1. The average molecular weight is 547 g/mol. The highest BCUT2D eigenvalue weighted by atomic mass is 19.1. The zero-order valence-corrected chi connectivity index (χ0v) is 23.1. The number of benzene rings is 2. The number of Topliss-reactive ketones (excluding diaryl/α,β-unsaturated/α-hetero) is 1. The van der Waals surface area contributed by atoms with E-state index in [4.69, 9.17) is 9.47 Å². The molecule has 2 aliphatic heterocycles. The van der Waals surface area contributed by atoms with Gasteiger partial charge in [0.1, 0.15) is 30.0 Å². The highest BCUT2D eigenvalue weighted by molar-refractivity contribution is 5.89. The predicted octanol–water partition coefficient (Wildman–Crippen LogP) is 8.14. The van der Waals surface area contributed by atoms with Crippen LogP contribution in [0.3, 0.4) is 0 Å². The second-order valence-electron chi connectivity index (χ2n) is 11.9. The van der Waals surface area contributed by atoms with Gasteiger partial charge in [0.2, 0.25) is 0 Å². The van der Waals surface area contributed by atoms with Crippen LogP contribution in [0.25, 0.3) is 11.1 Å². The molecule has 2 fully saturated rings. The number of carbonyl (C=O) groups is 1. The van der Waals surface area contributed by atoms with Gasteiger partial charge in [-0.05, 0) is 103 Å². The number of alkyl halides is 1. The van der Waals surface area contributed by atoms with Crippen LogP contribution < -0.4 is 9.47 Å². The van der Waals surface area contributed by atoms with Crippen LogP contribution >= 0.6 is 0 Å². The van der Waals surface area contributed by atoms with Crippen LogP contribution in [0.4, 0.5) is 4.39 Å². The van der Waals surface area contributed by atoms with Gasteiger partial charge in [0.05, 0.1) is 6.67 Å². The van der Waals surface area contributed by atoms with Crippen LogP contribution in [0.15, 0.2) is 54.1 Å². The molecule has 1 saturated heterocycles. The second kappa shape index (κ2) is 12.3. The third kappa shape index (κ3) is 6.20. The van der Waals surface area contributed by atoms with Gasteiger partial charge >= 0.3 is 0 Å². The van der Waals surface area contributed by atoms with Gasteiger partial charge in [-0.3, -0.25) is 9.29 Å². The lowest BCUT2D eigenvalue weighted by molar-refractivity contribution is -0.117. The van der Waals surface area contributed by atoms with E-state index in [1.165, 1.54) is 34.3 Å². The summed E-state index contributed by atoms with van der Waals surface area (Å²) in [4.78, 5) is 13.8. The smallest absolute Gasteiger partial charge is 0.146 e. The molecule has 0 N–H and O–H groups in total. The van der Waals surface area contributed by atoms with Crippen molar-refractivity contribution in [1.29, 1.82) is 0 Å². The molecule has 40 heavy (non-hydrogen) atoms. The number of likely N-dealkylation sites (tertiary alicyclic amines) is 1. The number of hydrogen-bond acceptors (Lipinski definition) is 4. The van der Waals surface area contributed by atoms with Gasteiger partial charge in [-0.25, -0.2) is 0 Å². The molecule has 1 radical (unpaired) electrons. The Balaban J connectivity index is 0.00000194. The fourth-order valence-corrected chi connectivity index (χ4v) is 6.67. The van der Waals surface area contributed by atoms with Gasteiger partial charge in [-0.2, -0.15) is 0 Å². The molecule has 1 saturated carbocycles. The largest absolute Gasteiger partial charge is 0.492 e. The van der Waals surface area contributed by atoms with E-state index in [2.05, 4.69) is 54.7 Å². The third-order valence-corrected chi connectivity index (χ3v) is 9.01. The third-order valence-electron chi connectivity index (χ3n) is 9.01. The van der Waals surface area contributed by atoms with E-state index in [1.807, 2.05) is 12.1 Å². The van der Waals surface area contributed by atoms with Crippen molar-refractivity contribution in [2.75, 3.05) is 32.9 Å². The Kier molecular flexibility index (Phi) is 8.80. The van der Waals surface area contributed by atoms with Crippen molar-refractivity contribution in [3.8, 4) is 11.5 Å². The molecule has 4 aliphatic rings. The van der Waals surface area contributed by atoms with E-state index in [1.54, 1.807) is 6.92 Å². The molecule has 2 aromatic rings. The van der Waals surface area contributed by atoms with Gasteiger partial charge in [-0.15, -0.1) is 0 Å². The molecule has 3 unspecified atom stereocenters. The molecule has 2 heterocycles. The number of rotatable bonds is 11. The van der Waals surface area contributed by atoms with Crippen LogP contribution in [0, 0.1) is 24.2 Å². The van der Waals surface area contributed by atoms with Crippen molar-refractivity contribution in [2.24, 2.45) is 17.8 Å². The molecule has 6 rings (SSSR count). The van der Waals surface area contributed by atoms with E-state index in [0.717, 1.165) is 56.0 Å². The van der Waals surface area contributed by atoms with Crippen LogP contribution in [-0.4, -0.2) is 43.6 Å². The molecule has 4 nitrogen and oxygen atoms in total. The molecule has 2 aromatic carbocycles. The normalized spacial score (nSPS) is 24.0. The van der Waals surface area contributed by atoms with Crippen LogP contribution in [-0.2, 0) is 4.79 Å². The predicted molar refractivity (Wildman–Crippen MR) is 162 cm³/mol. The summed E-state index contributed by atoms with van der Waals surface area (Å²) in [5.41, 5.74) is 7.63. The summed E-state index contributed by atoms with van der Waals surface area (Å²) in [5, 5.41) is 0. The zero-order valence-electron chi connectivity index (χ0n) is 23.1. The lowest BCUT2D eigenvalue weighted by atomic mass is 9.81. The van der Waals surface area contributed by atoms with Gasteiger partial charge < -0.3 is 14.3 Å². The molecule has 2 aliphatic carbocycles. The summed E-state index contributed by atoms with van der Waals surface area (Å²) >= 11 is 0. The molecule has 3 atom stereocenters. The van der Waals surface area contributed by atoms with Crippen molar-refractivity contribution in [3.05, 3.63) is 77.2 Å². The van der Waals surface area contributed by atoms with Gasteiger partial charge in [-0.1, -0.05) is 31.7 Å². The fraction of sp³-hybridized carbons (Fsp3) is 0.486. The summed E-state index contributed by atoms with van der Waals surface area (Å²) in [6.07, 6.45) is 9.29. The molecule has 0 amide bonds. The van der Waals surface area contributed by atoms with Crippen LogP contribution in [0.1, 0.15) is 77.6 Å². The van der Waals surface area contributed by atoms with Crippen LogP contribution in [0.5, 0.6) is 11.5 Å². The summed E-state index contributed by atoms with van der Waals surface area (Å²) in [6, 6.07) is 14.9. The van der Waals surface area contributed by atoms with E-state index < -0.39 is 0 Å². The minimum atomic E-state index is -0.222. The molecule has 0 spiro atoms. The first-order valence-electron chi connectivity index (χ1n) is 14.6. The van der Waals surface area contributed by atoms with Crippen molar-refractivity contribution in [2.45, 2.75) is 59.5 Å². The number of fused-ring (bicyclic) bond motifs is 1. The van der Waals surface area contributed by atoms with E-state index in [9.17, 15) is 9.18 Å². The Morgan fingerprint density at radius 2 is 1.90 bits per heavy atom. The summed E-state index contributed by atoms with van der Waals surface area (Å²) in [6.45, 7) is 6.85. The number of allylic oxidation sites excluding steroid dienone is 3. The molecule has 215 valence electrons. The first-order valence-corrected chi connectivity index (χ1v) is 14.6. The Labute approximate surface area is 240 Å². The fourth-order valence-electron chi connectivity index (χ4n) is 6.67. The number of ketones is 1. The minimum absolute atomic E-state index is 0. The summed E-state index contributed by atoms with van der Waals surface area (Å²) < 4.78 is 25.5. The summed E-state index contributed by atoms with van der Waals surface area (Å²) in [7, 11) is 0. The first kappa shape index (κ1) is 28.6. The number of hydrogen-bond donors (Lipinski definition) is 0. The van der Waals surface area contributed by atoms with Crippen molar-refractivity contribution in [1.82, 2.24) is 4.90 Å². The Morgan fingerprint density at radius 3 is 2.60 bits per heavy atom. The highest BCUT2D eigenvalue weighted by Crippen LogP contribution is 2.51. The molecule has 0 aromatic heterocycles. The first-order chi connectivity index (χ1) is 19.0.